The molecule has 0 radical (unpaired) electrons. The van der Waals surface area contributed by atoms with Gasteiger partial charge in [-0.05, 0) is 39.3 Å². The Morgan fingerprint density at radius 2 is 2.03 bits per heavy atom. The lowest BCUT2D eigenvalue weighted by atomic mass is 9.88. The molecular weight excluding hydrogens is 408 g/mol. The Kier molecular flexibility index (Phi) is 4.22. The van der Waals surface area contributed by atoms with Gasteiger partial charge in [-0.3, -0.25) is 4.90 Å². The van der Waals surface area contributed by atoms with E-state index in [0.29, 0.717) is 5.52 Å². The Morgan fingerprint density at radius 3 is 2.69 bits per heavy atom. The van der Waals surface area contributed by atoms with Gasteiger partial charge in [0.05, 0.1) is 16.8 Å². The van der Waals surface area contributed by atoms with Crippen molar-refractivity contribution in [3.63, 3.8) is 0 Å². The number of hydrogen-bond acceptors (Lipinski definition) is 8. The molecule has 3 fully saturated rings. The van der Waals surface area contributed by atoms with Crippen molar-refractivity contribution in [1.82, 2.24) is 14.9 Å². The maximum atomic E-state index is 12.5. The van der Waals surface area contributed by atoms with Gasteiger partial charge in [-0.25, -0.2) is 14.8 Å². The number of thiazole rings is 2. The van der Waals surface area contributed by atoms with Crippen molar-refractivity contribution in [2.45, 2.75) is 44.9 Å². The van der Waals surface area contributed by atoms with Crippen molar-refractivity contribution in [3.05, 3.63) is 23.7 Å². The van der Waals surface area contributed by atoms with Crippen LogP contribution in [-0.4, -0.2) is 56.8 Å². The van der Waals surface area contributed by atoms with Crippen LogP contribution in [0.5, 0.6) is 5.75 Å². The molecule has 5 heterocycles. The third-order valence-electron chi connectivity index (χ3n) is 5.24. The summed E-state index contributed by atoms with van der Waals surface area (Å²) in [5, 5.41) is 14.1. The Morgan fingerprint density at radius 1 is 1.28 bits per heavy atom. The van der Waals surface area contributed by atoms with Crippen molar-refractivity contribution in [1.29, 1.82) is 0 Å². The first-order valence-electron chi connectivity index (χ1n) is 9.59. The summed E-state index contributed by atoms with van der Waals surface area (Å²) in [6, 6.07) is 3.86. The zero-order valence-electron chi connectivity index (χ0n) is 16.5. The molecule has 2 atom stereocenters. The van der Waals surface area contributed by atoms with Gasteiger partial charge in [0.2, 0.25) is 0 Å². The van der Waals surface area contributed by atoms with Crippen LogP contribution in [0.25, 0.3) is 20.8 Å². The lowest BCUT2D eigenvalue weighted by Crippen LogP contribution is -2.70. The fourth-order valence-corrected chi connectivity index (χ4v) is 5.87. The van der Waals surface area contributed by atoms with Crippen LogP contribution in [0.2, 0.25) is 0 Å². The Bertz CT molecular complexity index is 1060. The topological polar surface area (TPSA) is 78.8 Å². The molecule has 3 aromatic rings. The fraction of sp³-hybridized carbons (Fsp3) is 0.450. The van der Waals surface area contributed by atoms with Crippen LogP contribution < -0.4 is 4.90 Å². The van der Waals surface area contributed by atoms with Crippen LogP contribution in [0.3, 0.4) is 0 Å². The van der Waals surface area contributed by atoms with Gasteiger partial charge in [0.15, 0.2) is 5.13 Å². The number of ether oxygens (including phenoxy) is 1. The second-order valence-electron chi connectivity index (χ2n) is 8.48. The second-order valence-corrected chi connectivity index (χ2v) is 10.4. The molecule has 1 amide bonds. The number of aromatic nitrogens is 2. The number of fused-ring (bicyclic) bond motifs is 3. The lowest BCUT2D eigenvalue weighted by Gasteiger charge is -2.55. The molecule has 2 aromatic heterocycles. The summed E-state index contributed by atoms with van der Waals surface area (Å²) in [4.78, 5) is 25.7. The van der Waals surface area contributed by atoms with Crippen molar-refractivity contribution < 1.29 is 14.6 Å². The molecule has 29 heavy (non-hydrogen) atoms. The monoisotopic (exact) mass is 430 g/mol. The smallest absolute Gasteiger partial charge is 0.410 e. The number of benzene rings is 1. The highest BCUT2D eigenvalue weighted by molar-refractivity contribution is 7.23. The number of rotatable bonds is 2. The highest BCUT2D eigenvalue weighted by atomic mass is 32.1. The van der Waals surface area contributed by atoms with E-state index in [2.05, 4.69) is 9.88 Å². The SMILES string of the molecule is CC(C)(C)OC(=O)N1C2CC1CN(c1nc3c(O)ccc(-c4nccs4)c3s1)C2. The minimum Gasteiger partial charge on any atom is -0.506 e. The van der Waals surface area contributed by atoms with Gasteiger partial charge in [-0.2, -0.15) is 0 Å². The highest BCUT2D eigenvalue weighted by Gasteiger charge is 2.49. The predicted molar refractivity (Wildman–Crippen MR) is 115 cm³/mol. The van der Waals surface area contributed by atoms with Gasteiger partial charge >= 0.3 is 6.09 Å². The Balaban J connectivity index is 1.40. The van der Waals surface area contributed by atoms with Crippen molar-refractivity contribution in [2.75, 3.05) is 18.0 Å². The molecule has 1 N–H and O–H groups in total. The molecule has 3 saturated heterocycles. The first-order chi connectivity index (χ1) is 13.8. The van der Waals surface area contributed by atoms with E-state index in [4.69, 9.17) is 9.72 Å². The van der Waals surface area contributed by atoms with Gasteiger partial charge in [-0.15, -0.1) is 11.3 Å². The summed E-state index contributed by atoms with van der Waals surface area (Å²) >= 11 is 3.14. The number of carbonyl (C=O) groups excluding carboxylic acids is 1. The summed E-state index contributed by atoms with van der Waals surface area (Å²) in [5.74, 6) is 0.181. The van der Waals surface area contributed by atoms with Crippen molar-refractivity contribution in [3.8, 4) is 16.3 Å². The largest absolute Gasteiger partial charge is 0.506 e. The van der Waals surface area contributed by atoms with E-state index >= 15 is 0 Å². The molecule has 7 nitrogen and oxygen atoms in total. The first-order valence-corrected chi connectivity index (χ1v) is 11.3. The molecule has 3 aliphatic rings. The highest BCUT2D eigenvalue weighted by Crippen LogP contribution is 2.43. The molecule has 3 aliphatic heterocycles. The van der Waals surface area contributed by atoms with E-state index < -0.39 is 5.60 Å². The average molecular weight is 431 g/mol. The number of anilines is 1. The summed E-state index contributed by atoms with van der Waals surface area (Å²) in [7, 11) is 0. The van der Waals surface area contributed by atoms with E-state index in [1.54, 1.807) is 34.9 Å². The van der Waals surface area contributed by atoms with Crippen LogP contribution >= 0.6 is 22.7 Å². The number of phenolic OH excluding ortho intramolecular Hbond substituents is 1. The van der Waals surface area contributed by atoms with E-state index in [1.807, 2.05) is 37.1 Å². The molecule has 0 saturated carbocycles. The number of nitrogens with zero attached hydrogens (tertiary/aromatic N) is 4. The van der Waals surface area contributed by atoms with E-state index in [0.717, 1.165) is 39.9 Å². The van der Waals surface area contributed by atoms with Crippen LogP contribution in [0.1, 0.15) is 27.2 Å². The quantitative estimate of drug-likeness (QED) is 0.652. The van der Waals surface area contributed by atoms with Crippen LogP contribution in [0, 0.1) is 0 Å². The minimum atomic E-state index is -0.489. The summed E-state index contributed by atoms with van der Waals surface area (Å²) in [6.07, 6.45) is 2.55. The molecule has 0 spiro atoms. The van der Waals surface area contributed by atoms with Gasteiger partial charge in [-0.1, -0.05) is 11.3 Å². The molecule has 1 aromatic carbocycles. The zero-order chi connectivity index (χ0) is 20.3. The van der Waals surface area contributed by atoms with E-state index in [-0.39, 0.29) is 23.9 Å². The first kappa shape index (κ1) is 18.6. The minimum absolute atomic E-state index is 0.141. The second kappa shape index (κ2) is 6.56. The van der Waals surface area contributed by atoms with Crippen molar-refractivity contribution in [2.24, 2.45) is 0 Å². The number of piperidine rings is 1. The number of amides is 1. The lowest BCUT2D eigenvalue weighted by molar-refractivity contribution is -0.0379. The van der Waals surface area contributed by atoms with Gasteiger partial charge in [0, 0.05) is 30.2 Å². The zero-order valence-corrected chi connectivity index (χ0v) is 18.1. The number of carbonyl (C=O) groups is 1. The summed E-state index contributed by atoms with van der Waals surface area (Å²) in [6.45, 7) is 7.12. The predicted octanol–water partition coefficient (Wildman–Crippen LogP) is 4.32. The molecular formula is C20H22N4O3S2. The van der Waals surface area contributed by atoms with Crippen LogP contribution in [0.15, 0.2) is 23.7 Å². The van der Waals surface area contributed by atoms with Crippen molar-refractivity contribution >= 4 is 44.1 Å². The molecule has 6 rings (SSSR count). The maximum absolute atomic E-state index is 12.5. The maximum Gasteiger partial charge on any atom is 0.410 e. The molecule has 0 aliphatic carbocycles. The molecule has 9 heteroatoms. The standard InChI is InChI=1S/C20H22N4O3S2/c1-20(2,3)27-19(26)24-11-8-12(24)10-23(9-11)18-22-15-14(25)5-4-13(16(15)29-18)17-21-6-7-28-17/h4-7,11-12,25H,8-10H2,1-3H3. The Labute approximate surface area is 176 Å². The number of piperazine rings is 1. The van der Waals surface area contributed by atoms with E-state index in [1.165, 1.54) is 0 Å². The number of phenols is 1. The van der Waals surface area contributed by atoms with Crippen LogP contribution in [-0.2, 0) is 4.74 Å². The Hall–Kier alpha value is -2.39. The summed E-state index contributed by atoms with van der Waals surface area (Å²) < 4.78 is 6.50. The van der Waals surface area contributed by atoms with Gasteiger partial charge in [0.1, 0.15) is 21.9 Å². The third kappa shape index (κ3) is 3.22. The van der Waals surface area contributed by atoms with E-state index in [9.17, 15) is 9.90 Å². The normalized spacial score (nSPS) is 21.3. The summed E-state index contributed by atoms with van der Waals surface area (Å²) in [5.41, 5.74) is 1.12. The molecule has 2 bridgehead atoms. The molecule has 152 valence electrons. The number of aromatic hydroxyl groups is 1. The van der Waals surface area contributed by atoms with Gasteiger partial charge in [0.25, 0.3) is 0 Å². The fourth-order valence-electron chi connectivity index (χ4n) is 4.02. The van der Waals surface area contributed by atoms with Crippen LogP contribution in [0.4, 0.5) is 9.93 Å². The third-order valence-corrected chi connectivity index (χ3v) is 7.20. The number of hydrogen-bond donors (Lipinski definition) is 1. The van der Waals surface area contributed by atoms with Gasteiger partial charge < -0.3 is 14.7 Å². The molecule has 2 unspecified atom stereocenters. The average Bonchev–Trinajstić information content (AvgIpc) is 3.31.